The van der Waals surface area contributed by atoms with E-state index in [1.165, 1.54) is 28.9 Å². The standard InChI is InChI=1S/C10H4Cl3FN4/c11-10(12,13)9-8(5-15)16-17-18(9)7-3-1-6(14)2-4-7/h1-4H. The molecule has 1 aromatic heterocycles. The average molecular weight is 306 g/mol. The van der Waals surface area contributed by atoms with Crippen LogP contribution in [0.25, 0.3) is 5.69 Å². The fraction of sp³-hybridized carbons (Fsp3) is 0.100. The van der Waals surface area contributed by atoms with Gasteiger partial charge in [0.05, 0.1) is 5.69 Å². The number of nitrogens with zero attached hydrogens (tertiary/aromatic N) is 4. The molecule has 0 fully saturated rings. The van der Waals surface area contributed by atoms with Gasteiger partial charge in [-0.15, -0.1) is 5.10 Å². The van der Waals surface area contributed by atoms with Gasteiger partial charge in [0, 0.05) is 0 Å². The maximum atomic E-state index is 12.8. The van der Waals surface area contributed by atoms with Crippen LogP contribution in [0, 0.1) is 17.1 Å². The van der Waals surface area contributed by atoms with Crippen molar-refractivity contribution in [2.75, 3.05) is 0 Å². The molecule has 0 aliphatic carbocycles. The van der Waals surface area contributed by atoms with Crippen LogP contribution in [0.1, 0.15) is 11.4 Å². The second-order valence-electron chi connectivity index (χ2n) is 3.28. The van der Waals surface area contributed by atoms with Crippen molar-refractivity contribution >= 4 is 34.8 Å². The SMILES string of the molecule is N#Cc1nnn(-c2ccc(F)cc2)c1C(Cl)(Cl)Cl. The van der Waals surface area contributed by atoms with Gasteiger partial charge in [-0.25, -0.2) is 9.07 Å². The topological polar surface area (TPSA) is 54.5 Å². The first kappa shape index (κ1) is 13.1. The third-order valence-electron chi connectivity index (χ3n) is 2.12. The molecular weight excluding hydrogens is 301 g/mol. The van der Waals surface area contributed by atoms with Gasteiger partial charge in [0.15, 0.2) is 5.69 Å². The van der Waals surface area contributed by atoms with Crippen LogP contribution in [0.4, 0.5) is 4.39 Å². The summed E-state index contributed by atoms with van der Waals surface area (Å²) in [4.78, 5) is 0. The van der Waals surface area contributed by atoms with Gasteiger partial charge in [0.25, 0.3) is 0 Å². The number of hydrogen-bond acceptors (Lipinski definition) is 3. The van der Waals surface area contributed by atoms with Gasteiger partial charge in [0.2, 0.25) is 3.79 Å². The molecule has 0 bridgehead atoms. The van der Waals surface area contributed by atoms with E-state index in [0.717, 1.165) is 0 Å². The van der Waals surface area contributed by atoms with E-state index >= 15 is 0 Å². The number of hydrogen-bond donors (Lipinski definition) is 0. The van der Waals surface area contributed by atoms with Crippen LogP contribution in [-0.2, 0) is 3.79 Å². The smallest absolute Gasteiger partial charge is 0.212 e. The maximum Gasteiger partial charge on any atom is 0.235 e. The molecule has 0 unspecified atom stereocenters. The number of nitriles is 1. The minimum atomic E-state index is -1.86. The van der Waals surface area contributed by atoms with Crippen LogP contribution in [0.3, 0.4) is 0 Å². The van der Waals surface area contributed by atoms with E-state index in [1.807, 2.05) is 0 Å². The largest absolute Gasteiger partial charge is 0.235 e. The lowest BCUT2D eigenvalue weighted by Gasteiger charge is -2.12. The summed E-state index contributed by atoms with van der Waals surface area (Å²) in [5.41, 5.74) is 0.354. The van der Waals surface area contributed by atoms with Crippen LogP contribution in [0.2, 0.25) is 0 Å². The molecule has 1 heterocycles. The predicted molar refractivity (Wildman–Crippen MR) is 65.3 cm³/mol. The Morgan fingerprint density at radius 1 is 1.22 bits per heavy atom. The lowest BCUT2D eigenvalue weighted by atomic mass is 10.3. The van der Waals surface area contributed by atoms with Crippen LogP contribution in [0.5, 0.6) is 0 Å². The fourth-order valence-electron chi connectivity index (χ4n) is 1.37. The molecule has 0 amide bonds. The van der Waals surface area contributed by atoms with E-state index in [9.17, 15) is 4.39 Å². The molecule has 4 nitrogen and oxygen atoms in total. The van der Waals surface area contributed by atoms with E-state index in [1.54, 1.807) is 6.07 Å². The molecular formula is C10H4Cl3FN4. The predicted octanol–water partition coefficient (Wildman–Crippen LogP) is 3.10. The zero-order chi connectivity index (χ0) is 13.3. The molecule has 0 aliphatic heterocycles. The highest BCUT2D eigenvalue weighted by Gasteiger charge is 2.33. The van der Waals surface area contributed by atoms with E-state index in [2.05, 4.69) is 10.3 Å². The molecule has 0 N–H and O–H groups in total. The first-order valence-electron chi connectivity index (χ1n) is 4.62. The van der Waals surface area contributed by atoms with E-state index in [4.69, 9.17) is 40.1 Å². The summed E-state index contributed by atoms with van der Waals surface area (Å²) >= 11 is 17.3. The van der Waals surface area contributed by atoms with Crippen molar-refractivity contribution in [3.63, 3.8) is 0 Å². The number of aromatic nitrogens is 3. The van der Waals surface area contributed by atoms with Crippen molar-refractivity contribution in [2.24, 2.45) is 0 Å². The van der Waals surface area contributed by atoms with Crippen LogP contribution in [-0.4, -0.2) is 15.0 Å². The molecule has 1 aromatic carbocycles. The van der Waals surface area contributed by atoms with Crippen LogP contribution >= 0.6 is 34.8 Å². The Bertz CT molecular complexity index is 610. The van der Waals surface area contributed by atoms with Crippen molar-refractivity contribution in [3.8, 4) is 11.8 Å². The third-order valence-corrected chi connectivity index (χ3v) is 2.65. The second kappa shape index (κ2) is 4.73. The van der Waals surface area contributed by atoms with Gasteiger partial charge in [0.1, 0.15) is 17.6 Å². The van der Waals surface area contributed by atoms with Gasteiger partial charge in [-0.2, -0.15) is 5.26 Å². The minimum Gasteiger partial charge on any atom is -0.212 e. The Labute approximate surface area is 116 Å². The number of benzene rings is 1. The van der Waals surface area contributed by atoms with Crippen LogP contribution in [0.15, 0.2) is 24.3 Å². The molecule has 0 spiro atoms. The summed E-state index contributed by atoms with van der Waals surface area (Å²) in [6.07, 6.45) is 0. The highest BCUT2D eigenvalue weighted by molar-refractivity contribution is 6.66. The highest BCUT2D eigenvalue weighted by atomic mass is 35.6. The fourth-order valence-corrected chi connectivity index (χ4v) is 1.88. The zero-order valence-electron chi connectivity index (χ0n) is 8.61. The number of alkyl halides is 3. The molecule has 8 heteroatoms. The minimum absolute atomic E-state index is 0.0154. The molecule has 18 heavy (non-hydrogen) atoms. The summed E-state index contributed by atoms with van der Waals surface area (Å²) in [6, 6.07) is 7.11. The zero-order valence-corrected chi connectivity index (χ0v) is 10.9. The first-order valence-corrected chi connectivity index (χ1v) is 5.76. The highest BCUT2D eigenvalue weighted by Crippen LogP contribution is 2.40. The first-order chi connectivity index (χ1) is 8.43. The molecule has 0 radical (unpaired) electrons. The maximum absolute atomic E-state index is 12.8. The second-order valence-corrected chi connectivity index (χ2v) is 5.57. The molecule has 2 rings (SSSR count). The molecule has 0 atom stereocenters. The molecule has 0 aliphatic rings. The molecule has 0 saturated heterocycles. The lowest BCUT2D eigenvalue weighted by Crippen LogP contribution is -2.11. The normalized spacial score (nSPS) is 11.3. The van der Waals surface area contributed by atoms with E-state index < -0.39 is 9.61 Å². The van der Waals surface area contributed by atoms with Crippen molar-refractivity contribution in [3.05, 3.63) is 41.5 Å². The molecule has 92 valence electrons. The summed E-state index contributed by atoms with van der Waals surface area (Å²) in [7, 11) is 0. The summed E-state index contributed by atoms with van der Waals surface area (Å²) < 4.78 is 12.2. The summed E-state index contributed by atoms with van der Waals surface area (Å²) in [5, 5.41) is 16.2. The van der Waals surface area contributed by atoms with Crippen molar-refractivity contribution < 1.29 is 4.39 Å². The Morgan fingerprint density at radius 2 is 1.83 bits per heavy atom. The lowest BCUT2D eigenvalue weighted by molar-refractivity contribution is 0.626. The van der Waals surface area contributed by atoms with Gasteiger partial charge >= 0.3 is 0 Å². The summed E-state index contributed by atoms with van der Waals surface area (Å²) in [5.74, 6) is -0.408. The van der Waals surface area contributed by atoms with Crippen molar-refractivity contribution in [1.82, 2.24) is 15.0 Å². The van der Waals surface area contributed by atoms with Crippen molar-refractivity contribution in [2.45, 2.75) is 3.79 Å². The summed E-state index contributed by atoms with van der Waals surface area (Å²) in [6.45, 7) is 0. The van der Waals surface area contributed by atoms with Gasteiger partial charge in [-0.3, -0.25) is 0 Å². The van der Waals surface area contributed by atoms with E-state index in [0.29, 0.717) is 5.69 Å². The number of halogens is 4. The Morgan fingerprint density at radius 3 is 2.33 bits per heavy atom. The Hall–Kier alpha value is -1.35. The van der Waals surface area contributed by atoms with E-state index in [-0.39, 0.29) is 11.4 Å². The van der Waals surface area contributed by atoms with Crippen LogP contribution < -0.4 is 0 Å². The van der Waals surface area contributed by atoms with Crippen molar-refractivity contribution in [1.29, 1.82) is 5.26 Å². The Balaban J connectivity index is 2.63. The van der Waals surface area contributed by atoms with Gasteiger partial charge < -0.3 is 0 Å². The van der Waals surface area contributed by atoms with Gasteiger partial charge in [-0.05, 0) is 24.3 Å². The van der Waals surface area contributed by atoms with Gasteiger partial charge in [-0.1, -0.05) is 40.0 Å². The molecule has 0 saturated carbocycles. The quantitative estimate of drug-likeness (QED) is 0.761. The number of rotatable bonds is 1. The Kier molecular flexibility index (Phi) is 3.44. The average Bonchev–Trinajstić information content (AvgIpc) is 2.73. The molecule has 2 aromatic rings. The monoisotopic (exact) mass is 304 g/mol. The third kappa shape index (κ3) is 2.41.